The van der Waals surface area contributed by atoms with Gasteiger partial charge in [0.15, 0.2) is 0 Å². The van der Waals surface area contributed by atoms with Crippen LogP contribution in [-0.4, -0.2) is 26.2 Å². The molecule has 29 heavy (non-hydrogen) atoms. The van der Waals surface area contributed by atoms with E-state index in [9.17, 15) is 0 Å². The van der Waals surface area contributed by atoms with Crippen LogP contribution in [0.25, 0.3) is 0 Å². The zero-order valence-corrected chi connectivity index (χ0v) is 28.3. The molecule has 0 spiro atoms. The fraction of sp³-hybridized carbons (Fsp3) is 0. The number of hydrogen-bond donors (Lipinski definition) is 0. The zero-order chi connectivity index (χ0) is 22.5. The van der Waals surface area contributed by atoms with Crippen molar-refractivity contribution in [2.75, 3.05) is 0 Å². The monoisotopic (exact) mass is 1190 g/mol. The Kier molecular flexibility index (Phi) is 52.4. The molecular formula is BiCoFeMo5NiO20. The fourth-order valence-electron chi connectivity index (χ4n) is 0. The third-order valence-electron chi connectivity index (χ3n) is 0. The summed E-state index contributed by atoms with van der Waals surface area (Å²) in [6.45, 7) is 0. The first-order chi connectivity index (χ1) is 10.0. The molecule has 0 aromatic rings. The Morgan fingerprint density at radius 1 is 0.345 bits per heavy atom. The van der Waals surface area contributed by atoms with E-state index in [4.69, 9.17) is 71.6 Å². The molecule has 0 saturated carbocycles. The normalized spacial score (nSPS) is 10.0. The minimum absolute atomic E-state index is 0. The summed E-state index contributed by atoms with van der Waals surface area (Å²) in [5.74, 6) is 0. The predicted octanol–water partition coefficient (Wildman–Crippen LogP) is -13.5. The van der Waals surface area contributed by atoms with Crippen LogP contribution in [0.1, 0.15) is 0 Å². The van der Waals surface area contributed by atoms with Crippen LogP contribution >= 0.6 is 0 Å². The van der Waals surface area contributed by atoms with Crippen LogP contribution in [0.15, 0.2) is 0 Å². The molecule has 0 amide bonds. The van der Waals surface area contributed by atoms with Crippen LogP contribution in [0.3, 0.4) is 0 Å². The predicted molar refractivity (Wildman–Crippen MR) is 12.6 cm³/mol. The van der Waals surface area contributed by atoms with Crippen molar-refractivity contribution in [3.63, 3.8) is 0 Å². The van der Waals surface area contributed by atoms with E-state index in [1.807, 2.05) is 0 Å². The van der Waals surface area contributed by atoms with Crippen LogP contribution in [0.2, 0.25) is 0 Å². The summed E-state index contributed by atoms with van der Waals surface area (Å²) in [5, 5.41) is 0. The van der Waals surface area contributed by atoms with Crippen molar-refractivity contribution in [1.29, 1.82) is 0 Å². The van der Waals surface area contributed by atoms with Gasteiger partial charge in [0, 0.05) is 0 Å². The molecule has 4 radical (unpaired) electrons. The molecule has 182 valence electrons. The van der Waals surface area contributed by atoms with Gasteiger partial charge in [0.1, 0.15) is 0 Å². The topological polar surface area (TPSA) is 401 Å². The molecule has 0 N–H and O–H groups in total. The first-order valence-corrected chi connectivity index (χ1v) is 19.7. The molecular weight excluding hydrogens is 1180 g/mol. The van der Waals surface area contributed by atoms with E-state index >= 15 is 0 Å². The minimum atomic E-state index is -6.02. The van der Waals surface area contributed by atoms with Crippen molar-refractivity contribution in [2.45, 2.75) is 0 Å². The molecule has 0 fully saturated rings. The molecule has 0 aliphatic rings. The molecule has 0 atom stereocenters. The summed E-state index contributed by atoms with van der Waals surface area (Å²) >= 11 is -30.1. The van der Waals surface area contributed by atoms with Gasteiger partial charge in [-0.15, -0.1) is 0 Å². The SMILES string of the molecule is [Bi+3].[Co+2].[Fe+3].[Ni+2].[O]=[Mo](=[O])([O-])[O-].[O]=[Mo](=[O])([O-])[O-].[O]=[Mo](=[O])([O-])[O-].[O]=[Mo](=[O])([O-])[O-].[O]=[Mo](=[O])([O-])[O-]. The van der Waals surface area contributed by atoms with Crippen molar-refractivity contribution >= 4 is 26.2 Å². The Hall–Kier alpha value is 3.44. The standard InChI is InChI=1S/Bi.Co.Fe.5Mo.Ni.20O/q+3;+2;+3;;;;;;+2;;;;;;;;;;;10*-1. The molecule has 0 saturated heterocycles. The zero-order valence-electron chi connectivity index (χ0n) is 11.7. The molecule has 29 heteroatoms. The quantitative estimate of drug-likeness (QED) is 0.203. The van der Waals surface area contributed by atoms with E-state index in [-0.39, 0.29) is 76.5 Å². The van der Waals surface area contributed by atoms with Gasteiger partial charge in [0.05, 0.1) is 0 Å². The molecule has 0 aliphatic carbocycles. The van der Waals surface area contributed by atoms with Gasteiger partial charge in [-0.2, -0.15) is 0 Å². The second kappa shape index (κ2) is 26.1. The van der Waals surface area contributed by atoms with Crippen molar-refractivity contribution in [3.05, 3.63) is 0 Å². The van der Waals surface area contributed by atoms with Gasteiger partial charge in [-0.25, -0.2) is 0 Å². The van der Waals surface area contributed by atoms with Gasteiger partial charge in [-0.05, 0) is 0 Å². The fourth-order valence-corrected chi connectivity index (χ4v) is 0. The molecule has 0 aliphatic heterocycles. The maximum absolute atomic E-state index is 8.63. The van der Waals surface area contributed by atoms with Crippen LogP contribution in [0, 0.1) is 0 Å². The van der Waals surface area contributed by atoms with Gasteiger partial charge >= 0.3 is 232 Å². The van der Waals surface area contributed by atoms with Crippen LogP contribution in [0.4, 0.5) is 0 Å². The molecule has 0 bridgehead atoms. The first-order valence-electron chi connectivity index (χ1n) is 3.33. The van der Waals surface area contributed by atoms with Gasteiger partial charge in [0.2, 0.25) is 0 Å². The molecule has 0 rings (SSSR count). The van der Waals surface area contributed by atoms with Crippen LogP contribution in [-0.2, 0) is 168 Å². The third-order valence-corrected chi connectivity index (χ3v) is 0. The second-order valence-electron chi connectivity index (χ2n) is 2.04. The molecule has 0 heterocycles. The van der Waals surface area contributed by atoms with Crippen LogP contribution < -0.4 is 37.6 Å². The van der Waals surface area contributed by atoms with Crippen LogP contribution in [0.5, 0.6) is 0 Å². The number of hydrogen-bond acceptors (Lipinski definition) is 20. The van der Waals surface area contributed by atoms with E-state index in [1.54, 1.807) is 0 Å². The van der Waals surface area contributed by atoms with Gasteiger partial charge in [0.25, 0.3) is 0 Å². The van der Waals surface area contributed by atoms with Crippen molar-refractivity contribution in [1.82, 2.24) is 0 Å². The van der Waals surface area contributed by atoms with Gasteiger partial charge < -0.3 is 0 Å². The Bertz CT molecular complexity index is 633. The van der Waals surface area contributed by atoms with E-state index in [0.29, 0.717) is 0 Å². The van der Waals surface area contributed by atoms with Crippen molar-refractivity contribution in [2.24, 2.45) is 0 Å². The summed E-state index contributed by atoms with van der Waals surface area (Å²) in [7, 11) is 0. The average Bonchev–Trinajstić information content (AvgIpc) is 1.79. The third kappa shape index (κ3) is 2300. The Morgan fingerprint density at radius 2 is 0.345 bits per heavy atom. The number of rotatable bonds is 0. The van der Waals surface area contributed by atoms with Crippen molar-refractivity contribution in [3.8, 4) is 0 Å². The van der Waals surface area contributed by atoms with E-state index in [0.717, 1.165) is 0 Å². The Labute approximate surface area is 228 Å². The summed E-state index contributed by atoms with van der Waals surface area (Å²) in [5.41, 5.74) is 0. The Balaban J connectivity index is -0.0000000238. The summed E-state index contributed by atoms with van der Waals surface area (Å²) in [4.78, 5) is 0. The molecule has 0 unspecified atom stereocenters. The second-order valence-corrected chi connectivity index (χ2v) is 12.1. The van der Waals surface area contributed by atoms with Crippen molar-refractivity contribution < 1.29 is 206 Å². The van der Waals surface area contributed by atoms with E-state index in [1.165, 1.54) is 0 Å². The molecule has 0 aromatic carbocycles. The van der Waals surface area contributed by atoms with Gasteiger partial charge in [-0.1, -0.05) is 0 Å². The maximum atomic E-state index is 8.63. The Morgan fingerprint density at radius 3 is 0.345 bits per heavy atom. The summed E-state index contributed by atoms with van der Waals surface area (Å²) < 4.78 is 173. The first kappa shape index (κ1) is 58.4. The molecule has 20 nitrogen and oxygen atoms in total. The average molecular weight is 1180 g/mol. The summed E-state index contributed by atoms with van der Waals surface area (Å²) in [6, 6.07) is 0. The van der Waals surface area contributed by atoms with E-state index < -0.39 is 83.7 Å². The van der Waals surface area contributed by atoms with E-state index in [2.05, 4.69) is 0 Å². The molecule has 0 aromatic heterocycles. The van der Waals surface area contributed by atoms with Gasteiger partial charge in [-0.3, -0.25) is 0 Å². The summed E-state index contributed by atoms with van der Waals surface area (Å²) in [6.07, 6.45) is 0.